The van der Waals surface area contributed by atoms with Gasteiger partial charge in [-0.05, 0) is 50.7 Å². The number of nitrogens with zero attached hydrogens (tertiary/aromatic N) is 4. The lowest BCUT2D eigenvalue weighted by molar-refractivity contribution is -0.139. The molecule has 1 fully saturated rings. The second kappa shape index (κ2) is 12.0. The molecule has 0 spiro atoms. The van der Waals surface area contributed by atoms with Crippen molar-refractivity contribution in [2.45, 2.75) is 31.6 Å². The van der Waals surface area contributed by atoms with Crippen LogP contribution in [0.1, 0.15) is 44.7 Å². The van der Waals surface area contributed by atoms with Crippen LogP contribution in [0.25, 0.3) is 0 Å². The van der Waals surface area contributed by atoms with Crippen LogP contribution >= 0.6 is 0 Å². The summed E-state index contributed by atoms with van der Waals surface area (Å²) < 4.78 is 67.6. The minimum atomic E-state index is -4.90. The van der Waals surface area contributed by atoms with E-state index in [0.29, 0.717) is 11.8 Å². The maximum absolute atomic E-state index is 15.1. The number of hydrogen-bond donors (Lipinski definition) is 2. The van der Waals surface area contributed by atoms with Gasteiger partial charge in [-0.15, -0.1) is 0 Å². The lowest BCUT2D eigenvalue weighted by Gasteiger charge is -2.29. The SMILES string of the molecule is COc1cc(C(=O)NC2CCN(C)CC2)c(F)cc1Nc1ncc(C(F)(F)F)c(Oc2cccc3c2C(=O)N(OC)C3)n1. The molecule has 0 unspecified atom stereocenters. The van der Waals surface area contributed by atoms with E-state index in [0.717, 1.165) is 37.1 Å². The van der Waals surface area contributed by atoms with Crippen LogP contribution in [0.15, 0.2) is 36.5 Å². The Labute approximate surface area is 243 Å². The predicted molar refractivity (Wildman–Crippen MR) is 145 cm³/mol. The van der Waals surface area contributed by atoms with Gasteiger partial charge in [0.2, 0.25) is 11.8 Å². The summed E-state index contributed by atoms with van der Waals surface area (Å²) in [6, 6.07) is 6.51. The highest BCUT2D eigenvalue weighted by Crippen LogP contribution is 2.40. The largest absolute Gasteiger partial charge is 0.495 e. The van der Waals surface area contributed by atoms with Crippen LogP contribution in [0, 0.1) is 5.82 Å². The highest BCUT2D eigenvalue weighted by molar-refractivity contribution is 6.00. The molecule has 3 heterocycles. The number of ether oxygens (including phenoxy) is 2. The van der Waals surface area contributed by atoms with Gasteiger partial charge in [0.1, 0.15) is 22.9 Å². The number of benzene rings is 2. The minimum absolute atomic E-state index is 0.0204. The first-order valence-corrected chi connectivity index (χ1v) is 13.2. The lowest BCUT2D eigenvalue weighted by atomic mass is 10.0. The fourth-order valence-electron chi connectivity index (χ4n) is 4.87. The van der Waals surface area contributed by atoms with E-state index in [2.05, 4.69) is 25.5 Å². The van der Waals surface area contributed by atoms with Gasteiger partial charge in [-0.2, -0.15) is 18.2 Å². The smallest absolute Gasteiger partial charge is 0.423 e. The number of amides is 2. The third-order valence-corrected chi connectivity index (χ3v) is 7.19. The van der Waals surface area contributed by atoms with Crippen molar-refractivity contribution in [1.29, 1.82) is 0 Å². The van der Waals surface area contributed by atoms with Crippen LogP contribution < -0.4 is 20.1 Å². The molecule has 1 aromatic heterocycles. The molecular weight excluding hydrogens is 576 g/mol. The van der Waals surface area contributed by atoms with Gasteiger partial charge >= 0.3 is 6.18 Å². The number of anilines is 2. The van der Waals surface area contributed by atoms with Crippen LogP contribution in [0.3, 0.4) is 0 Å². The number of methoxy groups -OCH3 is 1. The minimum Gasteiger partial charge on any atom is -0.495 e. The molecule has 228 valence electrons. The number of rotatable bonds is 8. The fourth-order valence-corrected chi connectivity index (χ4v) is 4.87. The Morgan fingerprint density at radius 1 is 1.12 bits per heavy atom. The van der Waals surface area contributed by atoms with Crippen molar-refractivity contribution in [1.82, 2.24) is 25.2 Å². The molecule has 0 atom stereocenters. The molecule has 2 N–H and O–H groups in total. The molecule has 0 radical (unpaired) electrons. The summed E-state index contributed by atoms with van der Waals surface area (Å²) in [4.78, 5) is 40.3. The summed E-state index contributed by atoms with van der Waals surface area (Å²) in [5.41, 5.74) is -1.09. The number of alkyl halides is 3. The van der Waals surface area contributed by atoms with E-state index < -0.39 is 35.3 Å². The average molecular weight is 605 g/mol. The second-order valence-electron chi connectivity index (χ2n) is 10.0. The zero-order chi connectivity index (χ0) is 30.9. The molecule has 0 bridgehead atoms. The number of piperidine rings is 1. The monoisotopic (exact) mass is 604 g/mol. The molecule has 3 aromatic rings. The number of fused-ring (bicyclic) bond motifs is 1. The fraction of sp³-hybridized carbons (Fsp3) is 0.357. The Hall–Kier alpha value is -4.50. The van der Waals surface area contributed by atoms with Gasteiger partial charge in [-0.1, -0.05) is 12.1 Å². The van der Waals surface area contributed by atoms with Crippen molar-refractivity contribution in [2.24, 2.45) is 0 Å². The van der Waals surface area contributed by atoms with Crippen LogP contribution in [0.2, 0.25) is 0 Å². The average Bonchev–Trinajstić information content (AvgIpc) is 3.30. The van der Waals surface area contributed by atoms with Gasteiger partial charge in [0.15, 0.2) is 0 Å². The van der Waals surface area contributed by atoms with Gasteiger partial charge in [-0.3, -0.25) is 14.4 Å². The number of hydroxylamine groups is 2. The van der Waals surface area contributed by atoms with E-state index in [1.54, 1.807) is 6.07 Å². The highest BCUT2D eigenvalue weighted by Gasteiger charge is 2.38. The lowest BCUT2D eigenvalue weighted by Crippen LogP contribution is -2.43. The third-order valence-electron chi connectivity index (χ3n) is 7.19. The normalized spacial score (nSPS) is 15.8. The summed E-state index contributed by atoms with van der Waals surface area (Å²) in [7, 11) is 4.56. The summed E-state index contributed by atoms with van der Waals surface area (Å²) in [5.74, 6) is -3.52. The highest BCUT2D eigenvalue weighted by atomic mass is 19.4. The molecule has 5 rings (SSSR count). The molecule has 43 heavy (non-hydrogen) atoms. The number of hydrogen-bond acceptors (Lipinski definition) is 9. The van der Waals surface area contributed by atoms with Gasteiger partial charge in [0.25, 0.3) is 11.8 Å². The van der Waals surface area contributed by atoms with Crippen molar-refractivity contribution in [3.05, 3.63) is 64.6 Å². The Morgan fingerprint density at radius 2 is 1.86 bits per heavy atom. The first-order chi connectivity index (χ1) is 20.5. The van der Waals surface area contributed by atoms with Gasteiger partial charge in [0.05, 0.1) is 37.6 Å². The Bertz CT molecular complexity index is 1540. The molecule has 1 saturated heterocycles. The first-order valence-electron chi connectivity index (χ1n) is 13.2. The van der Waals surface area contributed by atoms with Crippen molar-refractivity contribution in [3.8, 4) is 17.4 Å². The molecule has 0 aliphatic carbocycles. The quantitative estimate of drug-likeness (QED) is 0.358. The summed E-state index contributed by atoms with van der Waals surface area (Å²) >= 11 is 0. The maximum atomic E-state index is 15.1. The number of carbonyl (C=O) groups is 2. The zero-order valence-corrected chi connectivity index (χ0v) is 23.4. The molecule has 11 nitrogen and oxygen atoms in total. The molecule has 2 aliphatic rings. The van der Waals surface area contributed by atoms with Crippen molar-refractivity contribution < 1.29 is 41.5 Å². The molecule has 2 aromatic carbocycles. The molecule has 2 aliphatic heterocycles. The number of aromatic nitrogens is 2. The van der Waals surface area contributed by atoms with E-state index in [1.165, 1.54) is 32.4 Å². The van der Waals surface area contributed by atoms with Crippen LogP contribution in [-0.4, -0.2) is 72.1 Å². The topological polar surface area (TPSA) is 118 Å². The number of halogens is 4. The van der Waals surface area contributed by atoms with E-state index >= 15 is 4.39 Å². The van der Waals surface area contributed by atoms with E-state index in [9.17, 15) is 22.8 Å². The second-order valence-corrected chi connectivity index (χ2v) is 10.0. The van der Waals surface area contributed by atoms with Crippen molar-refractivity contribution in [3.63, 3.8) is 0 Å². The Morgan fingerprint density at radius 3 is 2.53 bits per heavy atom. The number of likely N-dealkylation sites (tertiary alicyclic amines) is 1. The van der Waals surface area contributed by atoms with Crippen molar-refractivity contribution in [2.75, 3.05) is 39.7 Å². The van der Waals surface area contributed by atoms with Crippen molar-refractivity contribution >= 4 is 23.5 Å². The molecule has 2 amide bonds. The van der Waals surface area contributed by atoms with E-state index in [1.807, 2.05) is 7.05 Å². The molecule has 15 heteroatoms. The van der Waals surface area contributed by atoms with Crippen LogP contribution in [0.4, 0.5) is 29.2 Å². The Kier molecular flexibility index (Phi) is 8.37. The number of nitrogens with one attached hydrogen (secondary N) is 2. The molecular formula is C28H28F4N6O5. The third kappa shape index (κ3) is 6.32. The van der Waals surface area contributed by atoms with Crippen LogP contribution in [-0.2, 0) is 17.6 Å². The van der Waals surface area contributed by atoms with E-state index in [4.69, 9.17) is 14.3 Å². The Balaban J connectivity index is 1.42. The predicted octanol–water partition coefficient (Wildman–Crippen LogP) is 4.52. The van der Waals surface area contributed by atoms with Crippen LogP contribution in [0.5, 0.6) is 17.4 Å². The van der Waals surface area contributed by atoms with Gasteiger partial charge < -0.3 is 25.0 Å². The van der Waals surface area contributed by atoms with Gasteiger partial charge in [-0.25, -0.2) is 14.4 Å². The standard InChI is InChI=1S/C28H28F4N6O5/c1-37-9-7-16(8-10-37)34-24(39)17-11-22(41-2)20(12-19(17)29)35-27-33-13-18(28(30,31)32)25(36-27)43-21-6-4-5-15-14-38(42-3)26(40)23(15)21/h4-6,11-13,16H,7-10,14H2,1-3H3,(H,34,39)(H,33,35,36). The summed E-state index contributed by atoms with van der Waals surface area (Å²) in [6.07, 6.45) is -2.95. The zero-order valence-electron chi connectivity index (χ0n) is 23.4. The number of carbonyl (C=O) groups excluding carboxylic acids is 2. The van der Waals surface area contributed by atoms with E-state index in [-0.39, 0.29) is 46.8 Å². The molecule has 0 saturated carbocycles. The summed E-state index contributed by atoms with van der Waals surface area (Å²) in [6.45, 7) is 1.68. The van der Waals surface area contributed by atoms with Gasteiger partial charge in [0, 0.05) is 18.3 Å². The summed E-state index contributed by atoms with van der Waals surface area (Å²) in [5, 5.41) is 6.50. The maximum Gasteiger partial charge on any atom is 0.423 e. The first kappa shape index (κ1) is 30.0.